The molecule has 0 unspecified atom stereocenters. The molecule has 120 valence electrons. The van der Waals surface area contributed by atoms with Crippen molar-refractivity contribution in [2.75, 3.05) is 24.8 Å². The molecule has 0 bridgehead atoms. The van der Waals surface area contributed by atoms with Gasteiger partial charge in [-0.2, -0.15) is 0 Å². The van der Waals surface area contributed by atoms with E-state index < -0.39 is 0 Å². The molecule has 3 aromatic rings. The molecule has 0 aliphatic rings. The number of thioether (sulfide) groups is 1. The van der Waals surface area contributed by atoms with Crippen LogP contribution in [-0.2, 0) is 12.8 Å². The number of nitrogen functional groups attached to an aromatic ring is 1. The molecule has 0 amide bonds. The highest BCUT2D eigenvalue weighted by atomic mass is 32.2. The third-order valence-electron chi connectivity index (χ3n) is 3.54. The number of nitrogens with zero attached hydrogens (tertiary/aromatic N) is 6. The SMILES string of the molecule is CN(C)c1cccc(-c2nnc(SCc3nccn3C)n2N)c1. The molecule has 3 rings (SSSR count). The predicted octanol–water partition coefficient (Wildman–Crippen LogP) is 1.75. The van der Waals surface area contributed by atoms with E-state index in [9.17, 15) is 0 Å². The van der Waals surface area contributed by atoms with E-state index >= 15 is 0 Å². The molecule has 0 aliphatic heterocycles. The van der Waals surface area contributed by atoms with Gasteiger partial charge in [0.25, 0.3) is 0 Å². The number of hydrogen-bond donors (Lipinski definition) is 1. The van der Waals surface area contributed by atoms with Crippen LogP contribution in [-0.4, -0.2) is 38.5 Å². The summed E-state index contributed by atoms with van der Waals surface area (Å²) in [5.41, 5.74) is 2.03. The van der Waals surface area contributed by atoms with E-state index in [0.717, 1.165) is 17.1 Å². The number of imidazole rings is 1. The van der Waals surface area contributed by atoms with Gasteiger partial charge in [-0.3, -0.25) is 0 Å². The molecule has 0 spiro atoms. The Balaban J connectivity index is 1.82. The van der Waals surface area contributed by atoms with Gasteiger partial charge in [-0.05, 0) is 12.1 Å². The van der Waals surface area contributed by atoms with Gasteiger partial charge in [-0.25, -0.2) is 9.66 Å². The maximum Gasteiger partial charge on any atom is 0.210 e. The van der Waals surface area contributed by atoms with Crippen LogP contribution in [0.25, 0.3) is 11.4 Å². The number of hydrogen-bond acceptors (Lipinski definition) is 6. The fraction of sp³-hybridized carbons (Fsp3) is 0.267. The van der Waals surface area contributed by atoms with Crippen molar-refractivity contribution in [1.29, 1.82) is 0 Å². The smallest absolute Gasteiger partial charge is 0.210 e. The monoisotopic (exact) mass is 329 g/mol. The summed E-state index contributed by atoms with van der Waals surface area (Å²) in [5.74, 6) is 8.48. The lowest BCUT2D eigenvalue weighted by molar-refractivity contribution is 0.831. The van der Waals surface area contributed by atoms with Crippen molar-refractivity contribution in [3.63, 3.8) is 0 Å². The Bertz CT molecular complexity index is 806. The quantitative estimate of drug-likeness (QED) is 0.567. The Morgan fingerprint density at radius 1 is 1.26 bits per heavy atom. The van der Waals surface area contributed by atoms with Crippen molar-refractivity contribution in [3.05, 3.63) is 42.5 Å². The van der Waals surface area contributed by atoms with Crippen molar-refractivity contribution >= 4 is 17.4 Å². The highest BCUT2D eigenvalue weighted by molar-refractivity contribution is 7.98. The van der Waals surface area contributed by atoms with Crippen LogP contribution in [0, 0.1) is 0 Å². The fourth-order valence-electron chi connectivity index (χ4n) is 2.16. The summed E-state index contributed by atoms with van der Waals surface area (Å²) in [5, 5.41) is 9.09. The van der Waals surface area contributed by atoms with Crippen molar-refractivity contribution in [3.8, 4) is 11.4 Å². The van der Waals surface area contributed by atoms with Crippen molar-refractivity contribution in [1.82, 2.24) is 24.4 Å². The summed E-state index contributed by atoms with van der Waals surface area (Å²) in [6, 6.07) is 8.05. The lowest BCUT2D eigenvalue weighted by atomic mass is 10.2. The van der Waals surface area contributed by atoms with E-state index in [0.29, 0.717) is 16.7 Å². The Morgan fingerprint density at radius 3 is 2.78 bits per heavy atom. The Kier molecular flexibility index (Phi) is 4.24. The molecule has 7 nitrogen and oxygen atoms in total. The van der Waals surface area contributed by atoms with Gasteiger partial charge >= 0.3 is 0 Å². The topological polar surface area (TPSA) is 77.8 Å². The van der Waals surface area contributed by atoms with Crippen molar-refractivity contribution in [2.45, 2.75) is 10.9 Å². The second-order valence-corrected chi connectivity index (χ2v) is 6.31. The van der Waals surface area contributed by atoms with Crippen LogP contribution < -0.4 is 10.7 Å². The van der Waals surface area contributed by atoms with Gasteiger partial charge in [0.2, 0.25) is 5.16 Å². The summed E-state index contributed by atoms with van der Waals surface area (Å²) in [6.07, 6.45) is 3.70. The molecular weight excluding hydrogens is 310 g/mol. The van der Waals surface area contributed by atoms with E-state index in [-0.39, 0.29) is 0 Å². The lowest BCUT2D eigenvalue weighted by Gasteiger charge is -2.13. The zero-order chi connectivity index (χ0) is 16.4. The number of anilines is 1. The van der Waals surface area contributed by atoms with Gasteiger partial charge < -0.3 is 15.3 Å². The van der Waals surface area contributed by atoms with Crippen LogP contribution in [0.3, 0.4) is 0 Å². The average molecular weight is 329 g/mol. The van der Waals surface area contributed by atoms with E-state index in [2.05, 4.69) is 15.2 Å². The summed E-state index contributed by atoms with van der Waals surface area (Å²) in [4.78, 5) is 6.33. The predicted molar refractivity (Wildman–Crippen MR) is 92.7 cm³/mol. The Hall–Kier alpha value is -2.48. The van der Waals surface area contributed by atoms with Gasteiger partial charge in [0.05, 0.1) is 5.75 Å². The largest absolute Gasteiger partial charge is 0.378 e. The van der Waals surface area contributed by atoms with Crippen LogP contribution in [0.5, 0.6) is 0 Å². The zero-order valence-corrected chi connectivity index (χ0v) is 14.2. The van der Waals surface area contributed by atoms with Crippen LogP contribution in [0.15, 0.2) is 41.8 Å². The van der Waals surface area contributed by atoms with Gasteiger partial charge in [-0.1, -0.05) is 23.9 Å². The highest BCUT2D eigenvalue weighted by Crippen LogP contribution is 2.25. The molecule has 2 N–H and O–H groups in total. The molecule has 0 radical (unpaired) electrons. The van der Waals surface area contributed by atoms with Crippen LogP contribution in [0.4, 0.5) is 5.69 Å². The molecule has 0 atom stereocenters. The number of rotatable bonds is 5. The van der Waals surface area contributed by atoms with Crippen molar-refractivity contribution < 1.29 is 0 Å². The molecule has 2 heterocycles. The first kappa shape index (κ1) is 15.4. The second kappa shape index (κ2) is 6.33. The first-order valence-electron chi connectivity index (χ1n) is 7.13. The van der Waals surface area contributed by atoms with Gasteiger partial charge in [0.1, 0.15) is 5.82 Å². The first-order chi connectivity index (χ1) is 11.1. The van der Waals surface area contributed by atoms with Crippen LogP contribution in [0.2, 0.25) is 0 Å². The Labute approximate surface area is 139 Å². The van der Waals surface area contributed by atoms with E-state index in [1.54, 1.807) is 6.20 Å². The molecule has 0 saturated carbocycles. The second-order valence-electron chi connectivity index (χ2n) is 5.36. The normalized spacial score (nSPS) is 10.9. The van der Waals surface area contributed by atoms with Crippen molar-refractivity contribution in [2.24, 2.45) is 7.05 Å². The van der Waals surface area contributed by atoms with E-state index in [1.165, 1.54) is 16.4 Å². The number of nitrogens with two attached hydrogens (primary N) is 1. The van der Waals surface area contributed by atoms with E-state index in [4.69, 9.17) is 5.84 Å². The Morgan fingerprint density at radius 2 is 2.09 bits per heavy atom. The average Bonchev–Trinajstić information content (AvgIpc) is 3.11. The molecular formula is C15H19N7S. The summed E-state index contributed by atoms with van der Waals surface area (Å²) >= 11 is 1.52. The molecule has 23 heavy (non-hydrogen) atoms. The summed E-state index contributed by atoms with van der Waals surface area (Å²) < 4.78 is 3.51. The van der Waals surface area contributed by atoms with Gasteiger partial charge in [-0.15, -0.1) is 10.2 Å². The van der Waals surface area contributed by atoms with Gasteiger partial charge in [0, 0.05) is 44.8 Å². The molecule has 2 aromatic heterocycles. The van der Waals surface area contributed by atoms with Crippen LogP contribution >= 0.6 is 11.8 Å². The zero-order valence-electron chi connectivity index (χ0n) is 13.3. The number of benzene rings is 1. The van der Waals surface area contributed by atoms with Gasteiger partial charge in [0.15, 0.2) is 5.82 Å². The minimum Gasteiger partial charge on any atom is -0.378 e. The molecule has 0 aliphatic carbocycles. The third-order valence-corrected chi connectivity index (χ3v) is 4.48. The standard InChI is InChI=1S/C15H19N7S/c1-20(2)12-6-4-5-11(9-12)14-18-19-15(22(14)16)23-10-13-17-7-8-21(13)3/h4-9H,10,16H2,1-3H3. The minimum atomic E-state index is 0.649. The van der Waals surface area contributed by atoms with E-state index in [1.807, 2.05) is 61.1 Å². The maximum atomic E-state index is 6.17. The minimum absolute atomic E-state index is 0.649. The lowest BCUT2D eigenvalue weighted by Crippen LogP contribution is -2.12. The summed E-state index contributed by atoms with van der Waals surface area (Å²) in [6.45, 7) is 0. The highest BCUT2D eigenvalue weighted by Gasteiger charge is 2.13. The van der Waals surface area contributed by atoms with Crippen LogP contribution in [0.1, 0.15) is 5.82 Å². The number of aromatic nitrogens is 5. The maximum absolute atomic E-state index is 6.17. The molecule has 1 aromatic carbocycles. The number of aryl methyl sites for hydroxylation is 1. The first-order valence-corrected chi connectivity index (χ1v) is 8.12. The molecule has 0 saturated heterocycles. The summed E-state index contributed by atoms with van der Waals surface area (Å²) in [7, 11) is 5.97. The molecule has 8 heteroatoms. The fourth-order valence-corrected chi connectivity index (χ4v) is 3.02. The third kappa shape index (κ3) is 3.16. The molecule has 0 fully saturated rings.